The molecule has 0 atom stereocenters. The average molecular weight is 224 g/mol. The zero-order valence-corrected chi connectivity index (χ0v) is 8.42. The van der Waals surface area contributed by atoms with Crippen molar-refractivity contribution in [2.24, 2.45) is 0 Å². The van der Waals surface area contributed by atoms with Gasteiger partial charge in [0.05, 0.1) is 24.9 Å². The van der Waals surface area contributed by atoms with Gasteiger partial charge in [-0.25, -0.2) is 0 Å². The molecule has 1 aromatic rings. The predicted molar refractivity (Wildman–Crippen MR) is 51.3 cm³/mol. The van der Waals surface area contributed by atoms with Crippen molar-refractivity contribution >= 4 is 29.1 Å². The number of halogens is 1. The number of anilines is 1. The predicted octanol–water partition coefficient (Wildman–Crippen LogP) is -0.0175. The summed E-state index contributed by atoms with van der Waals surface area (Å²) in [5.74, 6) is 0.523. The molecule has 1 rings (SSSR count). The standard InChI is InChI=1S/C6H10ClN3O2S/c7-5-6(9-13-8-5)10(1-3-11)2-4-12/h11-12H,1-4H2. The summed E-state index contributed by atoms with van der Waals surface area (Å²) in [5, 5.41) is 17.8. The Kier molecular flexibility index (Phi) is 4.37. The highest BCUT2D eigenvalue weighted by Crippen LogP contribution is 2.21. The molecular formula is C6H10ClN3O2S. The van der Waals surface area contributed by atoms with E-state index in [9.17, 15) is 0 Å². The summed E-state index contributed by atoms with van der Waals surface area (Å²) >= 11 is 6.75. The van der Waals surface area contributed by atoms with Crippen LogP contribution >= 0.6 is 23.3 Å². The van der Waals surface area contributed by atoms with Crippen LogP contribution in [-0.2, 0) is 0 Å². The molecule has 0 aliphatic carbocycles. The zero-order chi connectivity index (χ0) is 9.68. The molecular weight excluding hydrogens is 214 g/mol. The molecule has 0 spiro atoms. The Morgan fingerprint density at radius 1 is 1.23 bits per heavy atom. The van der Waals surface area contributed by atoms with Gasteiger partial charge in [0.1, 0.15) is 0 Å². The zero-order valence-electron chi connectivity index (χ0n) is 6.85. The molecule has 0 saturated heterocycles. The van der Waals surface area contributed by atoms with E-state index in [0.717, 1.165) is 11.7 Å². The first-order valence-electron chi connectivity index (χ1n) is 3.74. The fourth-order valence-electron chi connectivity index (χ4n) is 0.927. The molecule has 74 valence electrons. The average Bonchev–Trinajstić information content (AvgIpc) is 2.51. The lowest BCUT2D eigenvalue weighted by molar-refractivity contribution is 0.281. The van der Waals surface area contributed by atoms with E-state index >= 15 is 0 Å². The van der Waals surface area contributed by atoms with E-state index in [0.29, 0.717) is 24.1 Å². The number of hydrogen-bond acceptors (Lipinski definition) is 6. The Morgan fingerprint density at radius 2 is 1.85 bits per heavy atom. The van der Waals surface area contributed by atoms with Crippen molar-refractivity contribution in [1.29, 1.82) is 0 Å². The van der Waals surface area contributed by atoms with Gasteiger partial charge in [0.2, 0.25) is 0 Å². The van der Waals surface area contributed by atoms with Gasteiger partial charge < -0.3 is 15.1 Å². The lowest BCUT2D eigenvalue weighted by Gasteiger charge is -2.19. The molecule has 0 aliphatic heterocycles. The molecule has 0 radical (unpaired) electrons. The number of aromatic nitrogens is 2. The van der Waals surface area contributed by atoms with E-state index in [4.69, 9.17) is 21.8 Å². The van der Waals surface area contributed by atoms with Gasteiger partial charge in [-0.1, -0.05) is 11.6 Å². The maximum absolute atomic E-state index is 8.74. The van der Waals surface area contributed by atoms with Gasteiger partial charge in [-0.15, -0.1) is 0 Å². The molecule has 0 amide bonds. The van der Waals surface area contributed by atoms with Crippen LogP contribution in [0.1, 0.15) is 0 Å². The molecule has 5 nitrogen and oxygen atoms in total. The molecule has 0 fully saturated rings. The lowest BCUT2D eigenvalue weighted by atomic mass is 10.5. The molecule has 1 aromatic heterocycles. The van der Waals surface area contributed by atoms with Gasteiger partial charge in [-0.3, -0.25) is 0 Å². The van der Waals surface area contributed by atoms with Gasteiger partial charge in [-0.2, -0.15) is 8.75 Å². The van der Waals surface area contributed by atoms with Crippen molar-refractivity contribution in [2.75, 3.05) is 31.2 Å². The minimum atomic E-state index is -0.00610. The van der Waals surface area contributed by atoms with Crippen molar-refractivity contribution < 1.29 is 10.2 Å². The van der Waals surface area contributed by atoms with Gasteiger partial charge >= 0.3 is 0 Å². The number of hydrogen-bond donors (Lipinski definition) is 2. The monoisotopic (exact) mass is 223 g/mol. The Morgan fingerprint density at radius 3 is 2.23 bits per heavy atom. The van der Waals surface area contributed by atoms with Crippen LogP contribution in [0.5, 0.6) is 0 Å². The Balaban J connectivity index is 2.69. The second-order valence-electron chi connectivity index (χ2n) is 2.31. The smallest absolute Gasteiger partial charge is 0.187 e. The summed E-state index contributed by atoms with van der Waals surface area (Å²) in [7, 11) is 0. The molecule has 0 unspecified atom stereocenters. The summed E-state index contributed by atoms with van der Waals surface area (Å²) in [6.45, 7) is 0.777. The molecule has 1 heterocycles. The van der Waals surface area contributed by atoms with Crippen LogP contribution in [-0.4, -0.2) is 45.3 Å². The van der Waals surface area contributed by atoms with Crippen molar-refractivity contribution in [3.63, 3.8) is 0 Å². The van der Waals surface area contributed by atoms with Crippen molar-refractivity contribution in [2.45, 2.75) is 0 Å². The molecule has 0 bridgehead atoms. The Labute approximate surface area is 84.9 Å². The van der Waals surface area contributed by atoms with Crippen LogP contribution < -0.4 is 4.90 Å². The summed E-state index contributed by atoms with van der Waals surface area (Å²) in [6.07, 6.45) is 0. The first-order valence-corrected chi connectivity index (χ1v) is 4.85. The molecule has 7 heteroatoms. The SMILES string of the molecule is OCCN(CCO)c1nsnc1Cl. The van der Waals surface area contributed by atoms with Crippen LogP contribution in [0, 0.1) is 0 Å². The maximum Gasteiger partial charge on any atom is 0.187 e. The van der Waals surface area contributed by atoms with E-state index < -0.39 is 0 Å². The molecule has 13 heavy (non-hydrogen) atoms. The van der Waals surface area contributed by atoms with Gasteiger partial charge in [0.15, 0.2) is 11.0 Å². The van der Waals surface area contributed by atoms with Crippen LogP contribution in [0.3, 0.4) is 0 Å². The van der Waals surface area contributed by atoms with Gasteiger partial charge in [0, 0.05) is 13.1 Å². The third-order valence-corrected chi connectivity index (χ3v) is 2.34. The largest absolute Gasteiger partial charge is 0.395 e. The van der Waals surface area contributed by atoms with E-state index in [1.807, 2.05) is 0 Å². The first kappa shape index (κ1) is 10.6. The summed E-state index contributed by atoms with van der Waals surface area (Å²) in [4.78, 5) is 1.69. The number of aliphatic hydroxyl groups is 2. The fourth-order valence-corrected chi connectivity index (χ4v) is 1.70. The molecule has 0 aliphatic rings. The number of rotatable bonds is 5. The van der Waals surface area contributed by atoms with E-state index in [1.165, 1.54) is 0 Å². The highest BCUT2D eigenvalue weighted by molar-refractivity contribution is 6.99. The summed E-state index contributed by atoms with van der Waals surface area (Å²) in [5.41, 5.74) is 0. The van der Waals surface area contributed by atoms with E-state index in [-0.39, 0.29) is 13.2 Å². The second-order valence-corrected chi connectivity index (χ2v) is 3.20. The molecule has 0 aromatic carbocycles. The summed E-state index contributed by atoms with van der Waals surface area (Å²) in [6, 6.07) is 0. The summed E-state index contributed by atoms with van der Waals surface area (Å²) < 4.78 is 7.75. The molecule has 2 N–H and O–H groups in total. The van der Waals surface area contributed by atoms with Crippen molar-refractivity contribution in [3.8, 4) is 0 Å². The van der Waals surface area contributed by atoms with Crippen molar-refractivity contribution in [1.82, 2.24) is 8.75 Å². The second kappa shape index (κ2) is 5.33. The van der Waals surface area contributed by atoms with E-state index in [1.54, 1.807) is 4.90 Å². The highest BCUT2D eigenvalue weighted by atomic mass is 35.5. The Bertz CT molecular complexity index is 252. The van der Waals surface area contributed by atoms with Crippen LogP contribution in [0.2, 0.25) is 5.15 Å². The third kappa shape index (κ3) is 2.77. The normalized spacial score (nSPS) is 10.4. The van der Waals surface area contributed by atoms with Crippen LogP contribution in [0.25, 0.3) is 0 Å². The number of aliphatic hydroxyl groups excluding tert-OH is 2. The topological polar surface area (TPSA) is 69.5 Å². The number of nitrogens with zero attached hydrogens (tertiary/aromatic N) is 3. The minimum absolute atomic E-state index is 0.00610. The minimum Gasteiger partial charge on any atom is -0.395 e. The third-order valence-electron chi connectivity index (χ3n) is 1.47. The van der Waals surface area contributed by atoms with Crippen molar-refractivity contribution in [3.05, 3.63) is 5.15 Å². The Hall–Kier alpha value is -0.430. The van der Waals surface area contributed by atoms with Gasteiger partial charge in [-0.05, 0) is 0 Å². The van der Waals surface area contributed by atoms with Gasteiger partial charge in [0.25, 0.3) is 0 Å². The van der Waals surface area contributed by atoms with E-state index in [2.05, 4.69) is 8.75 Å². The highest BCUT2D eigenvalue weighted by Gasteiger charge is 2.13. The maximum atomic E-state index is 8.74. The first-order chi connectivity index (χ1) is 6.29. The lowest BCUT2D eigenvalue weighted by Crippen LogP contribution is -2.30. The van der Waals surface area contributed by atoms with Crippen LogP contribution in [0.4, 0.5) is 5.82 Å². The quantitative estimate of drug-likeness (QED) is 0.735. The molecule has 0 saturated carbocycles. The fraction of sp³-hybridized carbons (Fsp3) is 0.667. The van der Waals surface area contributed by atoms with Crippen LogP contribution in [0.15, 0.2) is 0 Å².